The van der Waals surface area contributed by atoms with Crippen LogP contribution in [-0.4, -0.2) is 18.4 Å². The van der Waals surface area contributed by atoms with Crippen LogP contribution in [0.15, 0.2) is 10.5 Å². The topological polar surface area (TPSA) is 50.7 Å². The number of ether oxygens (including phenoxy) is 2. The summed E-state index contributed by atoms with van der Waals surface area (Å²) in [5.41, 5.74) is 4.11. The minimum absolute atomic E-state index is 0.378. The summed E-state index contributed by atoms with van der Waals surface area (Å²) in [6, 6.07) is 1.87. The van der Waals surface area contributed by atoms with Crippen molar-refractivity contribution < 1.29 is 14.7 Å². The van der Waals surface area contributed by atoms with E-state index in [4.69, 9.17) is 14.7 Å². The molecule has 1 aliphatic rings. The molecule has 4 nitrogen and oxygen atoms in total. The molecule has 1 aromatic carbocycles. The number of benzene rings is 1. The number of halogens is 1. The zero-order valence-corrected chi connectivity index (χ0v) is 9.93. The summed E-state index contributed by atoms with van der Waals surface area (Å²) in [6.07, 6.45) is 0. The lowest BCUT2D eigenvalue weighted by atomic mass is 10.1. The molecule has 0 unspecified atom stereocenters. The summed E-state index contributed by atoms with van der Waals surface area (Å²) in [5, 5.41) is 8.73. The summed E-state index contributed by atoms with van der Waals surface area (Å²) in [7, 11) is 0. The molecule has 5 heteroatoms. The number of hydrogen-bond donors (Lipinski definition) is 2. The van der Waals surface area contributed by atoms with Crippen molar-refractivity contribution in [2.24, 2.45) is 0 Å². The van der Waals surface area contributed by atoms with Crippen LogP contribution >= 0.6 is 15.9 Å². The molecular formula is C10H12BrNO3. The standard InChI is InChI=1S/C10H12BrNO3/c1-6-7(5-12-13)8(11)4-9-10(6)15-3-2-14-9/h4,12-13H,2-3,5H2,1H3. The lowest BCUT2D eigenvalue weighted by Crippen LogP contribution is -2.18. The van der Waals surface area contributed by atoms with Crippen molar-refractivity contribution in [3.8, 4) is 11.5 Å². The first-order valence-electron chi connectivity index (χ1n) is 4.68. The van der Waals surface area contributed by atoms with Gasteiger partial charge < -0.3 is 14.7 Å². The monoisotopic (exact) mass is 273 g/mol. The number of nitrogens with one attached hydrogen (secondary N) is 1. The molecular weight excluding hydrogens is 262 g/mol. The van der Waals surface area contributed by atoms with E-state index in [1.165, 1.54) is 0 Å². The number of hydroxylamine groups is 1. The van der Waals surface area contributed by atoms with Crippen LogP contribution in [-0.2, 0) is 6.54 Å². The molecule has 0 atom stereocenters. The van der Waals surface area contributed by atoms with E-state index >= 15 is 0 Å². The van der Waals surface area contributed by atoms with Gasteiger partial charge >= 0.3 is 0 Å². The highest BCUT2D eigenvalue weighted by atomic mass is 79.9. The van der Waals surface area contributed by atoms with E-state index < -0.39 is 0 Å². The maximum absolute atomic E-state index is 8.73. The maximum Gasteiger partial charge on any atom is 0.164 e. The second-order valence-electron chi connectivity index (χ2n) is 3.32. The number of hydrogen-bond acceptors (Lipinski definition) is 4. The van der Waals surface area contributed by atoms with Gasteiger partial charge in [0.25, 0.3) is 0 Å². The molecule has 1 heterocycles. The molecule has 0 bridgehead atoms. The molecule has 0 saturated carbocycles. The molecule has 1 aromatic rings. The quantitative estimate of drug-likeness (QED) is 0.810. The normalized spacial score (nSPS) is 14.1. The summed E-state index contributed by atoms with van der Waals surface area (Å²) in [5.74, 6) is 1.53. The fourth-order valence-electron chi connectivity index (χ4n) is 1.65. The van der Waals surface area contributed by atoms with Crippen LogP contribution in [0.2, 0.25) is 0 Å². The van der Waals surface area contributed by atoms with E-state index in [1.807, 2.05) is 13.0 Å². The van der Waals surface area contributed by atoms with E-state index in [1.54, 1.807) is 0 Å². The Balaban J connectivity index is 2.49. The molecule has 0 amide bonds. The molecule has 2 rings (SSSR count). The van der Waals surface area contributed by atoms with E-state index in [2.05, 4.69) is 21.4 Å². The summed E-state index contributed by atoms with van der Waals surface area (Å²) in [4.78, 5) is 0. The van der Waals surface area contributed by atoms with Crippen LogP contribution in [0.1, 0.15) is 11.1 Å². The van der Waals surface area contributed by atoms with E-state index in [-0.39, 0.29) is 0 Å². The van der Waals surface area contributed by atoms with Crippen molar-refractivity contribution in [2.45, 2.75) is 13.5 Å². The molecule has 0 saturated heterocycles. The molecule has 82 valence electrons. The molecule has 15 heavy (non-hydrogen) atoms. The van der Waals surface area contributed by atoms with Gasteiger partial charge in [-0.3, -0.25) is 0 Å². The molecule has 0 aliphatic carbocycles. The minimum Gasteiger partial charge on any atom is -0.486 e. The molecule has 0 radical (unpaired) electrons. The van der Waals surface area contributed by atoms with Crippen LogP contribution in [0.5, 0.6) is 11.5 Å². The van der Waals surface area contributed by atoms with Crippen molar-refractivity contribution in [2.75, 3.05) is 13.2 Å². The highest BCUT2D eigenvalue weighted by molar-refractivity contribution is 9.10. The van der Waals surface area contributed by atoms with Gasteiger partial charge in [-0.15, -0.1) is 0 Å². The first-order chi connectivity index (χ1) is 7.24. The van der Waals surface area contributed by atoms with Crippen LogP contribution in [0.3, 0.4) is 0 Å². The predicted octanol–water partition coefficient (Wildman–Crippen LogP) is 2.01. The first-order valence-corrected chi connectivity index (χ1v) is 5.48. The van der Waals surface area contributed by atoms with E-state index in [9.17, 15) is 0 Å². The van der Waals surface area contributed by atoms with Gasteiger partial charge in [0.2, 0.25) is 0 Å². The third kappa shape index (κ3) is 1.95. The van der Waals surface area contributed by atoms with Crippen molar-refractivity contribution in [1.82, 2.24) is 5.48 Å². The van der Waals surface area contributed by atoms with Gasteiger partial charge in [0.1, 0.15) is 13.2 Å². The van der Waals surface area contributed by atoms with Crippen molar-refractivity contribution in [3.63, 3.8) is 0 Å². The Morgan fingerprint density at radius 3 is 2.93 bits per heavy atom. The molecule has 0 fully saturated rings. The Morgan fingerprint density at radius 2 is 2.20 bits per heavy atom. The zero-order valence-electron chi connectivity index (χ0n) is 8.34. The summed E-state index contributed by atoms with van der Waals surface area (Å²) < 4.78 is 11.9. The lowest BCUT2D eigenvalue weighted by Gasteiger charge is -2.22. The zero-order chi connectivity index (χ0) is 10.8. The van der Waals surface area contributed by atoms with Gasteiger partial charge in [-0.25, -0.2) is 5.48 Å². The number of rotatable bonds is 2. The van der Waals surface area contributed by atoms with Gasteiger partial charge in [-0.1, -0.05) is 15.9 Å². The fourth-order valence-corrected chi connectivity index (χ4v) is 2.29. The highest BCUT2D eigenvalue weighted by Crippen LogP contribution is 2.39. The third-order valence-electron chi connectivity index (χ3n) is 2.41. The second-order valence-corrected chi connectivity index (χ2v) is 4.18. The van der Waals surface area contributed by atoms with E-state index in [0.717, 1.165) is 27.1 Å². The fraction of sp³-hybridized carbons (Fsp3) is 0.400. The Morgan fingerprint density at radius 1 is 1.47 bits per heavy atom. The van der Waals surface area contributed by atoms with Crippen molar-refractivity contribution in [3.05, 3.63) is 21.7 Å². The second kappa shape index (κ2) is 4.38. The molecule has 1 aliphatic heterocycles. The SMILES string of the molecule is Cc1c(CNO)c(Br)cc2c1OCCO2. The van der Waals surface area contributed by atoms with Gasteiger partial charge in [0.15, 0.2) is 11.5 Å². The van der Waals surface area contributed by atoms with Crippen LogP contribution in [0, 0.1) is 6.92 Å². The Kier molecular flexibility index (Phi) is 3.14. The Hall–Kier alpha value is -0.780. The Bertz CT molecular complexity index is 381. The van der Waals surface area contributed by atoms with Crippen LogP contribution < -0.4 is 15.0 Å². The smallest absolute Gasteiger partial charge is 0.164 e. The molecule has 0 aromatic heterocycles. The Labute approximate surface area is 96.3 Å². The van der Waals surface area contributed by atoms with Crippen LogP contribution in [0.4, 0.5) is 0 Å². The van der Waals surface area contributed by atoms with Gasteiger partial charge in [0, 0.05) is 16.6 Å². The summed E-state index contributed by atoms with van der Waals surface area (Å²) >= 11 is 3.44. The third-order valence-corrected chi connectivity index (χ3v) is 3.11. The highest BCUT2D eigenvalue weighted by Gasteiger charge is 2.18. The van der Waals surface area contributed by atoms with Crippen molar-refractivity contribution in [1.29, 1.82) is 0 Å². The van der Waals surface area contributed by atoms with Gasteiger partial charge in [0.05, 0.1) is 0 Å². The average molecular weight is 274 g/mol. The summed E-state index contributed by atoms with van der Waals surface area (Å²) in [6.45, 7) is 3.48. The van der Waals surface area contributed by atoms with Gasteiger partial charge in [-0.2, -0.15) is 0 Å². The van der Waals surface area contributed by atoms with Gasteiger partial charge in [-0.05, 0) is 18.6 Å². The maximum atomic E-state index is 8.73. The average Bonchev–Trinajstić information content (AvgIpc) is 2.24. The molecule has 2 N–H and O–H groups in total. The van der Waals surface area contributed by atoms with E-state index in [0.29, 0.717) is 19.8 Å². The first kappa shape index (κ1) is 10.7. The lowest BCUT2D eigenvalue weighted by molar-refractivity contribution is 0.158. The van der Waals surface area contributed by atoms with Crippen LogP contribution in [0.25, 0.3) is 0 Å². The number of fused-ring (bicyclic) bond motifs is 1. The van der Waals surface area contributed by atoms with Crippen molar-refractivity contribution >= 4 is 15.9 Å². The molecule has 0 spiro atoms. The largest absolute Gasteiger partial charge is 0.486 e. The predicted molar refractivity (Wildman–Crippen MR) is 58.5 cm³/mol. The minimum atomic E-state index is 0.378.